The van der Waals surface area contributed by atoms with Crippen LogP contribution in [0.4, 0.5) is 0 Å². The Morgan fingerprint density at radius 2 is 2.27 bits per heavy atom. The third-order valence-electron chi connectivity index (χ3n) is 0.904. The fourth-order valence-corrected chi connectivity index (χ4v) is 0.731. The SMILES string of the molecule is O/N=C(\Cl)c1cncc(Cl)n1. The van der Waals surface area contributed by atoms with Gasteiger partial charge in [-0.1, -0.05) is 28.4 Å². The Kier molecular flexibility index (Phi) is 2.62. The zero-order valence-corrected chi connectivity index (χ0v) is 6.71. The Bertz CT molecular complexity index is 289. The molecule has 6 heteroatoms. The summed E-state index contributed by atoms with van der Waals surface area (Å²) in [6.07, 6.45) is 2.69. The molecule has 0 radical (unpaired) electrons. The molecular formula is C5H3Cl2N3O. The lowest BCUT2D eigenvalue weighted by molar-refractivity contribution is 0.320. The van der Waals surface area contributed by atoms with Crippen LogP contribution in [0.1, 0.15) is 5.69 Å². The summed E-state index contributed by atoms with van der Waals surface area (Å²) in [6.45, 7) is 0. The summed E-state index contributed by atoms with van der Waals surface area (Å²) in [5.41, 5.74) is 0.238. The van der Waals surface area contributed by atoms with Gasteiger partial charge in [-0.3, -0.25) is 4.98 Å². The van der Waals surface area contributed by atoms with E-state index in [-0.39, 0.29) is 16.0 Å². The van der Waals surface area contributed by atoms with Crippen LogP contribution in [-0.4, -0.2) is 20.3 Å². The molecular weight excluding hydrogens is 189 g/mol. The molecule has 0 saturated carbocycles. The second-order valence-corrected chi connectivity index (χ2v) is 2.36. The van der Waals surface area contributed by atoms with Gasteiger partial charge in [-0.05, 0) is 0 Å². The first-order valence-corrected chi connectivity index (χ1v) is 3.35. The van der Waals surface area contributed by atoms with Crippen molar-refractivity contribution < 1.29 is 5.21 Å². The zero-order chi connectivity index (χ0) is 8.27. The van der Waals surface area contributed by atoms with E-state index in [0.717, 1.165) is 0 Å². The first-order chi connectivity index (χ1) is 5.24. The van der Waals surface area contributed by atoms with Crippen molar-refractivity contribution in [3.63, 3.8) is 0 Å². The molecule has 0 atom stereocenters. The first kappa shape index (κ1) is 8.23. The van der Waals surface area contributed by atoms with Crippen molar-refractivity contribution in [2.75, 3.05) is 0 Å². The van der Waals surface area contributed by atoms with Crippen molar-refractivity contribution in [2.24, 2.45) is 5.16 Å². The van der Waals surface area contributed by atoms with E-state index in [1.807, 2.05) is 0 Å². The van der Waals surface area contributed by atoms with Crippen LogP contribution >= 0.6 is 23.2 Å². The molecule has 0 spiro atoms. The lowest BCUT2D eigenvalue weighted by atomic mass is 10.5. The summed E-state index contributed by atoms with van der Waals surface area (Å²) < 4.78 is 0. The predicted molar refractivity (Wildman–Crippen MR) is 41.2 cm³/mol. The Balaban J connectivity index is 3.06. The van der Waals surface area contributed by atoms with Gasteiger partial charge in [0.05, 0.1) is 12.4 Å². The normalized spacial score (nSPS) is 11.6. The number of rotatable bonds is 1. The lowest BCUT2D eigenvalue weighted by Crippen LogP contribution is -1.96. The molecule has 0 bridgehead atoms. The Morgan fingerprint density at radius 1 is 1.55 bits per heavy atom. The highest BCUT2D eigenvalue weighted by atomic mass is 35.5. The number of hydrogen-bond acceptors (Lipinski definition) is 4. The number of nitrogens with zero attached hydrogens (tertiary/aromatic N) is 3. The molecule has 0 fully saturated rings. The lowest BCUT2D eigenvalue weighted by Gasteiger charge is -1.93. The van der Waals surface area contributed by atoms with E-state index >= 15 is 0 Å². The van der Waals surface area contributed by atoms with Crippen LogP contribution in [0, 0.1) is 0 Å². The molecule has 0 aliphatic carbocycles. The minimum Gasteiger partial charge on any atom is -0.410 e. The second kappa shape index (κ2) is 3.50. The Morgan fingerprint density at radius 3 is 2.82 bits per heavy atom. The highest BCUT2D eigenvalue weighted by molar-refractivity contribution is 6.69. The summed E-state index contributed by atoms with van der Waals surface area (Å²) in [5, 5.41) is 11.0. The standard InChI is InChI=1S/C5H3Cl2N3O/c6-4-2-8-1-3(9-4)5(7)10-11/h1-2,11H/b10-5-. The Labute approximate surface area is 72.5 Å². The van der Waals surface area contributed by atoms with Crippen molar-refractivity contribution in [3.8, 4) is 0 Å². The molecule has 0 aliphatic heterocycles. The fraction of sp³-hybridized carbons (Fsp3) is 0. The van der Waals surface area contributed by atoms with Crippen LogP contribution in [-0.2, 0) is 0 Å². The third kappa shape index (κ3) is 2.03. The first-order valence-electron chi connectivity index (χ1n) is 2.59. The van der Waals surface area contributed by atoms with Crippen LogP contribution in [0.5, 0.6) is 0 Å². The van der Waals surface area contributed by atoms with Crippen LogP contribution < -0.4 is 0 Å². The smallest absolute Gasteiger partial charge is 0.195 e. The minimum absolute atomic E-state index is 0.139. The molecule has 1 N–H and O–H groups in total. The van der Waals surface area contributed by atoms with E-state index in [9.17, 15) is 0 Å². The molecule has 1 aromatic rings. The molecule has 0 aliphatic rings. The van der Waals surface area contributed by atoms with Crippen molar-refractivity contribution in [1.29, 1.82) is 0 Å². The molecule has 11 heavy (non-hydrogen) atoms. The average Bonchev–Trinajstić information content (AvgIpc) is 2.03. The van der Waals surface area contributed by atoms with Gasteiger partial charge in [0.1, 0.15) is 10.8 Å². The third-order valence-corrected chi connectivity index (χ3v) is 1.36. The van der Waals surface area contributed by atoms with Gasteiger partial charge in [0, 0.05) is 0 Å². The molecule has 1 aromatic heterocycles. The van der Waals surface area contributed by atoms with E-state index in [0.29, 0.717) is 0 Å². The van der Waals surface area contributed by atoms with Gasteiger partial charge in [-0.15, -0.1) is 0 Å². The van der Waals surface area contributed by atoms with Crippen molar-refractivity contribution in [2.45, 2.75) is 0 Å². The molecule has 1 heterocycles. The maximum absolute atomic E-state index is 8.22. The topological polar surface area (TPSA) is 58.4 Å². The molecule has 4 nitrogen and oxygen atoms in total. The summed E-state index contributed by atoms with van der Waals surface area (Å²) >= 11 is 10.9. The van der Waals surface area contributed by atoms with Crippen molar-refractivity contribution >= 4 is 28.4 Å². The van der Waals surface area contributed by atoms with Crippen LogP contribution in [0.15, 0.2) is 17.5 Å². The maximum atomic E-state index is 8.22. The number of oxime groups is 1. The quantitative estimate of drug-likeness (QED) is 0.416. The summed E-state index contributed by atoms with van der Waals surface area (Å²) in [5.74, 6) is 0. The van der Waals surface area contributed by atoms with Crippen molar-refractivity contribution in [1.82, 2.24) is 9.97 Å². The number of aromatic nitrogens is 2. The molecule has 1 rings (SSSR count). The predicted octanol–water partition coefficient (Wildman–Crippen LogP) is 1.50. The molecule has 0 saturated heterocycles. The van der Waals surface area contributed by atoms with E-state index in [1.54, 1.807) is 0 Å². The van der Waals surface area contributed by atoms with Gasteiger partial charge in [0.2, 0.25) is 0 Å². The van der Waals surface area contributed by atoms with Crippen LogP contribution in [0.25, 0.3) is 0 Å². The second-order valence-electron chi connectivity index (χ2n) is 1.62. The van der Waals surface area contributed by atoms with E-state index in [4.69, 9.17) is 28.4 Å². The monoisotopic (exact) mass is 191 g/mol. The van der Waals surface area contributed by atoms with Gasteiger partial charge >= 0.3 is 0 Å². The fourth-order valence-electron chi connectivity index (χ4n) is 0.493. The molecule has 58 valence electrons. The van der Waals surface area contributed by atoms with E-state index < -0.39 is 0 Å². The van der Waals surface area contributed by atoms with E-state index in [2.05, 4.69) is 15.1 Å². The van der Waals surface area contributed by atoms with Gasteiger partial charge < -0.3 is 5.21 Å². The van der Waals surface area contributed by atoms with Crippen LogP contribution in [0.3, 0.4) is 0 Å². The average molecular weight is 192 g/mol. The summed E-state index contributed by atoms with van der Waals surface area (Å²) in [6, 6.07) is 0. The molecule has 0 aromatic carbocycles. The largest absolute Gasteiger partial charge is 0.410 e. The number of hydrogen-bond donors (Lipinski definition) is 1. The van der Waals surface area contributed by atoms with Crippen LogP contribution in [0.2, 0.25) is 5.15 Å². The zero-order valence-electron chi connectivity index (χ0n) is 5.20. The van der Waals surface area contributed by atoms with Gasteiger partial charge in [0.25, 0.3) is 0 Å². The minimum atomic E-state index is -0.139. The van der Waals surface area contributed by atoms with Gasteiger partial charge in [0.15, 0.2) is 5.17 Å². The number of halogens is 2. The van der Waals surface area contributed by atoms with Crippen molar-refractivity contribution in [3.05, 3.63) is 23.2 Å². The van der Waals surface area contributed by atoms with Gasteiger partial charge in [-0.2, -0.15) is 0 Å². The Hall–Kier alpha value is -0.870. The van der Waals surface area contributed by atoms with E-state index in [1.165, 1.54) is 12.4 Å². The molecule has 0 unspecified atom stereocenters. The highest BCUT2D eigenvalue weighted by Gasteiger charge is 2.02. The highest BCUT2D eigenvalue weighted by Crippen LogP contribution is 2.05. The summed E-state index contributed by atoms with van der Waals surface area (Å²) in [7, 11) is 0. The maximum Gasteiger partial charge on any atom is 0.195 e. The molecule has 0 amide bonds. The summed E-state index contributed by atoms with van der Waals surface area (Å²) in [4.78, 5) is 7.41. The van der Waals surface area contributed by atoms with Gasteiger partial charge in [-0.25, -0.2) is 4.98 Å².